The minimum Gasteiger partial charge on any atom is -0.387 e. The van der Waals surface area contributed by atoms with Crippen LogP contribution in [0.3, 0.4) is 0 Å². The molecule has 3 heteroatoms. The smallest absolute Gasteiger partial charge is 0.220 e. The summed E-state index contributed by atoms with van der Waals surface area (Å²) in [5.74, 6) is 0.0293. The number of nitrogens with one attached hydrogen (secondary N) is 1. The molecule has 0 saturated heterocycles. The van der Waals surface area contributed by atoms with Crippen molar-refractivity contribution in [3.05, 3.63) is 12.2 Å². The van der Waals surface area contributed by atoms with E-state index in [0.29, 0.717) is 12.8 Å². The summed E-state index contributed by atoms with van der Waals surface area (Å²) >= 11 is 0. The van der Waals surface area contributed by atoms with E-state index in [1.807, 2.05) is 13.0 Å². The summed E-state index contributed by atoms with van der Waals surface area (Å²) in [6, 6.07) is -0.236. The third kappa shape index (κ3) is 13.4. The van der Waals surface area contributed by atoms with Gasteiger partial charge in [-0.05, 0) is 47.3 Å². The normalized spacial score (nSPS) is 16.3. The largest absolute Gasteiger partial charge is 0.387 e. The second-order valence-electron chi connectivity index (χ2n) is 12.7. The molecule has 0 aliphatic carbocycles. The number of carbonyl (C=O) groups is 1. The predicted octanol–water partition coefficient (Wildman–Crippen LogP) is 6.50. The molecular weight excluding hydrogens is 346 g/mol. The SMILES string of the molecule is CCC(NC(=O)CC(C)(C)CC(C)(C)C)C(O)/C=C/CC(C)(C)CC(C)(C)C. The summed E-state index contributed by atoms with van der Waals surface area (Å²) in [6.07, 6.45) is 7.51. The van der Waals surface area contributed by atoms with Crippen LogP contribution in [0.1, 0.15) is 108 Å². The van der Waals surface area contributed by atoms with Gasteiger partial charge in [0.15, 0.2) is 0 Å². The van der Waals surface area contributed by atoms with Crippen LogP contribution >= 0.6 is 0 Å². The van der Waals surface area contributed by atoms with Crippen molar-refractivity contribution >= 4 is 5.91 Å². The fourth-order valence-corrected chi connectivity index (χ4v) is 4.79. The first-order valence-electron chi connectivity index (χ1n) is 11.0. The van der Waals surface area contributed by atoms with Crippen molar-refractivity contribution in [2.24, 2.45) is 21.7 Å². The number of rotatable bonds is 10. The molecule has 166 valence electrons. The standard InChI is InChI=1S/C25H49NO2/c1-12-19(26-21(28)16-25(10,11)18-23(5,6)7)20(27)14-13-15-24(8,9)17-22(2,3)4/h13-14,19-20,27H,12,15-18H2,1-11H3,(H,26,28)/b14-13+. The first-order valence-corrected chi connectivity index (χ1v) is 11.0. The quantitative estimate of drug-likeness (QED) is 0.415. The van der Waals surface area contributed by atoms with Crippen molar-refractivity contribution in [3.63, 3.8) is 0 Å². The van der Waals surface area contributed by atoms with Gasteiger partial charge >= 0.3 is 0 Å². The van der Waals surface area contributed by atoms with Gasteiger partial charge in [0.2, 0.25) is 5.91 Å². The van der Waals surface area contributed by atoms with Gasteiger partial charge in [-0.15, -0.1) is 0 Å². The Morgan fingerprint density at radius 3 is 1.79 bits per heavy atom. The number of allylic oxidation sites excluding steroid dienone is 1. The van der Waals surface area contributed by atoms with Crippen LogP contribution in [0, 0.1) is 21.7 Å². The maximum atomic E-state index is 12.6. The number of aliphatic hydroxyl groups excluding tert-OH is 1. The van der Waals surface area contributed by atoms with Crippen LogP contribution in [0.25, 0.3) is 0 Å². The van der Waals surface area contributed by atoms with Crippen molar-refractivity contribution in [2.45, 2.75) is 120 Å². The second kappa shape index (κ2) is 10.3. The highest BCUT2D eigenvalue weighted by Gasteiger charge is 2.29. The molecular formula is C25H49NO2. The summed E-state index contributed by atoms with van der Waals surface area (Å²) in [7, 11) is 0. The third-order valence-corrected chi connectivity index (χ3v) is 4.86. The van der Waals surface area contributed by atoms with Crippen molar-refractivity contribution in [3.8, 4) is 0 Å². The van der Waals surface area contributed by atoms with Crippen molar-refractivity contribution < 1.29 is 9.90 Å². The third-order valence-electron chi connectivity index (χ3n) is 4.86. The van der Waals surface area contributed by atoms with Crippen LogP contribution in [0.4, 0.5) is 0 Å². The fraction of sp³-hybridized carbons (Fsp3) is 0.880. The Kier molecular flexibility index (Phi) is 9.97. The summed E-state index contributed by atoms with van der Waals surface area (Å²) in [5.41, 5.74) is 0.612. The van der Waals surface area contributed by atoms with Crippen LogP contribution in [-0.4, -0.2) is 23.2 Å². The first-order chi connectivity index (χ1) is 12.4. The molecule has 0 aromatic carbocycles. The molecule has 1 amide bonds. The van der Waals surface area contributed by atoms with E-state index in [-0.39, 0.29) is 33.6 Å². The molecule has 2 atom stereocenters. The summed E-state index contributed by atoms with van der Waals surface area (Å²) < 4.78 is 0. The minimum absolute atomic E-state index is 0.0293. The Morgan fingerprint density at radius 2 is 1.36 bits per heavy atom. The van der Waals surface area contributed by atoms with Crippen LogP contribution in [0.5, 0.6) is 0 Å². The zero-order chi connectivity index (χ0) is 22.4. The summed E-state index contributed by atoms with van der Waals surface area (Å²) in [6.45, 7) is 24.2. The van der Waals surface area contributed by atoms with Gasteiger partial charge in [0.1, 0.15) is 0 Å². The molecule has 0 saturated carbocycles. The average molecular weight is 396 g/mol. The molecule has 2 unspecified atom stereocenters. The lowest BCUT2D eigenvalue weighted by molar-refractivity contribution is -0.124. The van der Waals surface area contributed by atoms with E-state index in [0.717, 1.165) is 19.3 Å². The molecule has 0 spiro atoms. The highest BCUT2D eigenvalue weighted by atomic mass is 16.3. The fourth-order valence-electron chi connectivity index (χ4n) is 4.79. The van der Waals surface area contributed by atoms with Crippen molar-refractivity contribution in [2.75, 3.05) is 0 Å². The van der Waals surface area contributed by atoms with Crippen LogP contribution in [-0.2, 0) is 4.79 Å². The molecule has 3 nitrogen and oxygen atoms in total. The Hall–Kier alpha value is -0.830. The highest BCUT2D eigenvalue weighted by Crippen LogP contribution is 2.36. The maximum absolute atomic E-state index is 12.6. The highest BCUT2D eigenvalue weighted by molar-refractivity contribution is 5.77. The topological polar surface area (TPSA) is 49.3 Å². The molecule has 0 aliphatic rings. The Balaban J connectivity index is 4.75. The zero-order valence-electron chi connectivity index (χ0n) is 20.7. The maximum Gasteiger partial charge on any atom is 0.220 e. The lowest BCUT2D eigenvalue weighted by Crippen LogP contribution is -2.43. The Morgan fingerprint density at radius 1 is 0.893 bits per heavy atom. The molecule has 0 rings (SSSR count). The molecule has 28 heavy (non-hydrogen) atoms. The first kappa shape index (κ1) is 27.2. The lowest BCUT2D eigenvalue weighted by atomic mass is 9.74. The van der Waals surface area contributed by atoms with Gasteiger partial charge in [0.25, 0.3) is 0 Å². The van der Waals surface area contributed by atoms with Crippen LogP contribution < -0.4 is 5.32 Å². The number of aliphatic hydroxyl groups is 1. The Labute approximate surface area is 175 Å². The lowest BCUT2D eigenvalue weighted by Gasteiger charge is -2.33. The molecule has 0 aliphatic heterocycles. The number of carbonyl (C=O) groups excluding carboxylic acids is 1. The number of hydrogen-bond acceptors (Lipinski definition) is 2. The van der Waals surface area contributed by atoms with Gasteiger partial charge in [-0.2, -0.15) is 0 Å². The van der Waals surface area contributed by atoms with Crippen molar-refractivity contribution in [1.29, 1.82) is 0 Å². The van der Waals surface area contributed by atoms with Gasteiger partial charge in [-0.25, -0.2) is 0 Å². The molecule has 0 fully saturated rings. The van der Waals surface area contributed by atoms with Crippen LogP contribution in [0.2, 0.25) is 0 Å². The van der Waals surface area contributed by atoms with Gasteiger partial charge < -0.3 is 10.4 Å². The molecule has 0 radical (unpaired) electrons. The van der Waals surface area contributed by atoms with Gasteiger partial charge in [-0.3, -0.25) is 4.79 Å². The molecule has 2 N–H and O–H groups in total. The van der Waals surface area contributed by atoms with E-state index in [4.69, 9.17) is 0 Å². The molecule has 0 bridgehead atoms. The zero-order valence-corrected chi connectivity index (χ0v) is 20.7. The summed E-state index contributed by atoms with van der Waals surface area (Å²) in [5, 5.41) is 13.6. The van der Waals surface area contributed by atoms with E-state index < -0.39 is 6.10 Å². The van der Waals surface area contributed by atoms with E-state index in [2.05, 4.69) is 80.6 Å². The van der Waals surface area contributed by atoms with E-state index in [9.17, 15) is 9.90 Å². The Bertz CT molecular complexity index is 504. The molecule has 0 heterocycles. The van der Waals surface area contributed by atoms with Crippen LogP contribution in [0.15, 0.2) is 12.2 Å². The van der Waals surface area contributed by atoms with E-state index in [1.165, 1.54) is 0 Å². The number of amides is 1. The van der Waals surface area contributed by atoms with Gasteiger partial charge in [0.05, 0.1) is 12.1 Å². The molecule has 0 aromatic heterocycles. The second-order valence-corrected chi connectivity index (χ2v) is 12.7. The van der Waals surface area contributed by atoms with Gasteiger partial charge in [-0.1, -0.05) is 88.3 Å². The summed E-state index contributed by atoms with van der Waals surface area (Å²) in [4.78, 5) is 12.6. The molecule has 0 aromatic rings. The van der Waals surface area contributed by atoms with E-state index >= 15 is 0 Å². The average Bonchev–Trinajstić information content (AvgIpc) is 2.37. The predicted molar refractivity (Wildman–Crippen MR) is 122 cm³/mol. The number of hydrogen-bond donors (Lipinski definition) is 2. The van der Waals surface area contributed by atoms with Gasteiger partial charge in [0, 0.05) is 6.42 Å². The van der Waals surface area contributed by atoms with E-state index in [1.54, 1.807) is 0 Å². The monoisotopic (exact) mass is 395 g/mol. The minimum atomic E-state index is -0.648. The van der Waals surface area contributed by atoms with Crippen molar-refractivity contribution in [1.82, 2.24) is 5.32 Å².